The van der Waals surface area contributed by atoms with Crippen LogP contribution in [0.1, 0.15) is 34.3 Å². The second-order valence-corrected chi connectivity index (χ2v) is 5.50. The molecule has 0 bridgehead atoms. The van der Waals surface area contributed by atoms with E-state index in [-0.39, 0.29) is 0 Å². The van der Waals surface area contributed by atoms with Crippen LogP contribution in [0.25, 0.3) is 0 Å². The molecular formula is C17H18N2O2. The Balaban J connectivity index is 1.73. The molecule has 21 heavy (non-hydrogen) atoms. The van der Waals surface area contributed by atoms with Gasteiger partial charge in [0.1, 0.15) is 0 Å². The summed E-state index contributed by atoms with van der Waals surface area (Å²) in [7, 11) is 0. The van der Waals surface area contributed by atoms with Crippen LogP contribution in [-0.2, 0) is 13.1 Å². The maximum atomic E-state index is 11.1. The Kier molecular flexibility index (Phi) is 3.97. The molecule has 4 nitrogen and oxygen atoms in total. The summed E-state index contributed by atoms with van der Waals surface area (Å²) in [6, 6.07) is 11.8. The van der Waals surface area contributed by atoms with Crippen LogP contribution < -0.4 is 0 Å². The lowest BCUT2D eigenvalue weighted by molar-refractivity contribution is 0.0696. The van der Waals surface area contributed by atoms with Gasteiger partial charge in [0.2, 0.25) is 0 Å². The summed E-state index contributed by atoms with van der Waals surface area (Å²) in [5.74, 6) is -0.873. The van der Waals surface area contributed by atoms with Crippen molar-refractivity contribution in [1.82, 2.24) is 9.88 Å². The molecule has 0 amide bonds. The number of rotatable bonds is 6. The van der Waals surface area contributed by atoms with E-state index in [1.165, 1.54) is 18.4 Å². The predicted octanol–water partition coefficient (Wildman–Crippen LogP) is 2.94. The molecule has 0 atom stereocenters. The van der Waals surface area contributed by atoms with Gasteiger partial charge in [-0.25, -0.2) is 4.79 Å². The van der Waals surface area contributed by atoms with Gasteiger partial charge in [0, 0.05) is 31.5 Å². The fraction of sp³-hybridized carbons (Fsp3) is 0.294. The third kappa shape index (κ3) is 3.67. The van der Waals surface area contributed by atoms with E-state index in [9.17, 15) is 4.79 Å². The third-order valence-electron chi connectivity index (χ3n) is 3.73. The molecule has 1 aliphatic carbocycles. The molecule has 1 saturated carbocycles. The second kappa shape index (κ2) is 6.06. The first-order valence-electron chi connectivity index (χ1n) is 7.17. The lowest BCUT2D eigenvalue weighted by Gasteiger charge is -2.22. The second-order valence-electron chi connectivity index (χ2n) is 5.50. The van der Waals surface area contributed by atoms with Gasteiger partial charge in [-0.1, -0.05) is 18.2 Å². The van der Waals surface area contributed by atoms with Crippen LogP contribution in [0.3, 0.4) is 0 Å². The van der Waals surface area contributed by atoms with Gasteiger partial charge in [0.25, 0.3) is 0 Å². The normalized spacial score (nSPS) is 14.3. The number of pyridine rings is 1. The molecular weight excluding hydrogens is 264 g/mol. The highest BCUT2D eigenvalue weighted by Crippen LogP contribution is 2.29. The molecule has 108 valence electrons. The number of benzene rings is 1. The van der Waals surface area contributed by atoms with Gasteiger partial charge in [0.05, 0.1) is 5.56 Å². The molecule has 1 aromatic carbocycles. The molecule has 0 aliphatic heterocycles. The largest absolute Gasteiger partial charge is 0.478 e. The van der Waals surface area contributed by atoms with E-state index in [4.69, 9.17) is 5.11 Å². The first-order valence-corrected chi connectivity index (χ1v) is 7.17. The molecule has 4 heteroatoms. The SMILES string of the molecule is O=C(O)c1cccc(CN(Cc2cccnc2)C2CC2)c1. The van der Waals surface area contributed by atoms with Crippen molar-refractivity contribution in [3.63, 3.8) is 0 Å². The van der Waals surface area contributed by atoms with Crippen LogP contribution in [0.15, 0.2) is 48.8 Å². The van der Waals surface area contributed by atoms with E-state index in [1.807, 2.05) is 24.4 Å². The maximum Gasteiger partial charge on any atom is 0.335 e. The molecule has 0 saturated heterocycles. The molecule has 1 aliphatic rings. The number of nitrogens with zero attached hydrogens (tertiary/aromatic N) is 2. The summed E-state index contributed by atoms with van der Waals surface area (Å²) in [4.78, 5) is 17.6. The summed E-state index contributed by atoms with van der Waals surface area (Å²) in [5, 5.41) is 9.08. The standard InChI is InChI=1S/C17H18N2O2/c20-17(21)15-5-1-3-13(9-15)11-19(16-6-7-16)12-14-4-2-8-18-10-14/h1-5,8-10,16H,6-7,11-12H2,(H,20,21). The van der Waals surface area contributed by atoms with E-state index in [0.29, 0.717) is 11.6 Å². The lowest BCUT2D eigenvalue weighted by Crippen LogP contribution is -2.25. The van der Waals surface area contributed by atoms with Crippen molar-refractivity contribution in [1.29, 1.82) is 0 Å². The smallest absolute Gasteiger partial charge is 0.335 e. The number of aromatic carboxylic acids is 1. The topological polar surface area (TPSA) is 53.4 Å². The quantitative estimate of drug-likeness (QED) is 0.885. The Bertz CT molecular complexity index is 624. The summed E-state index contributed by atoms with van der Waals surface area (Å²) >= 11 is 0. The van der Waals surface area contributed by atoms with Crippen molar-refractivity contribution in [2.75, 3.05) is 0 Å². The monoisotopic (exact) mass is 282 g/mol. The molecule has 3 rings (SSSR count). The lowest BCUT2D eigenvalue weighted by atomic mass is 10.1. The molecule has 1 heterocycles. The van der Waals surface area contributed by atoms with E-state index in [1.54, 1.807) is 18.3 Å². The average molecular weight is 282 g/mol. The zero-order valence-corrected chi connectivity index (χ0v) is 11.8. The number of carbonyl (C=O) groups is 1. The molecule has 1 fully saturated rings. The van der Waals surface area contributed by atoms with Gasteiger partial charge < -0.3 is 5.11 Å². The maximum absolute atomic E-state index is 11.1. The van der Waals surface area contributed by atoms with Crippen LogP contribution in [0, 0.1) is 0 Å². The fourth-order valence-electron chi connectivity index (χ4n) is 2.52. The highest BCUT2D eigenvalue weighted by molar-refractivity contribution is 5.87. The Morgan fingerprint density at radius 2 is 1.95 bits per heavy atom. The van der Waals surface area contributed by atoms with E-state index in [0.717, 1.165) is 18.7 Å². The van der Waals surface area contributed by atoms with Gasteiger partial charge in [-0.15, -0.1) is 0 Å². The Morgan fingerprint density at radius 1 is 1.19 bits per heavy atom. The Hall–Kier alpha value is -2.20. The number of carboxylic acid groups (broad SMARTS) is 1. The van der Waals surface area contributed by atoms with Crippen molar-refractivity contribution in [3.8, 4) is 0 Å². The van der Waals surface area contributed by atoms with E-state index < -0.39 is 5.97 Å². The summed E-state index contributed by atoms with van der Waals surface area (Å²) < 4.78 is 0. The fourth-order valence-corrected chi connectivity index (χ4v) is 2.52. The zero-order chi connectivity index (χ0) is 14.7. The van der Waals surface area contributed by atoms with Gasteiger partial charge in [0.15, 0.2) is 0 Å². The highest BCUT2D eigenvalue weighted by atomic mass is 16.4. The first kappa shape index (κ1) is 13.8. The minimum Gasteiger partial charge on any atom is -0.478 e. The number of carboxylic acids is 1. The molecule has 2 aromatic rings. The summed E-state index contributed by atoms with van der Waals surface area (Å²) in [5.41, 5.74) is 2.59. The van der Waals surface area contributed by atoms with Crippen LogP contribution >= 0.6 is 0 Å². The van der Waals surface area contributed by atoms with Crippen molar-refractivity contribution in [2.45, 2.75) is 32.0 Å². The van der Waals surface area contributed by atoms with E-state index >= 15 is 0 Å². The Morgan fingerprint density at radius 3 is 2.62 bits per heavy atom. The van der Waals surface area contributed by atoms with E-state index in [2.05, 4.69) is 16.0 Å². The van der Waals surface area contributed by atoms with Crippen LogP contribution in [0.4, 0.5) is 0 Å². The molecule has 1 N–H and O–H groups in total. The van der Waals surface area contributed by atoms with Crippen LogP contribution in [0.2, 0.25) is 0 Å². The van der Waals surface area contributed by atoms with Crippen molar-refractivity contribution >= 4 is 5.97 Å². The number of hydrogen-bond donors (Lipinski definition) is 1. The predicted molar refractivity (Wildman–Crippen MR) is 79.9 cm³/mol. The number of hydrogen-bond acceptors (Lipinski definition) is 3. The van der Waals surface area contributed by atoms with Gasteiger partial charge in [-0.3, -0.25) is 9.88 Å². The van der Waals surface area contributed by atoms with Gasteiger partial charge >= 0.3 is 5.97 Å². The first-order chi connectivity index (χ1) is 10.2. The van der Waals surface area contributed by atoms with Gasteiger partial charge in [-0.2, -0.15) is 0 Å². The van der Waals surface area contributed by atoms with Crippen LogP contribution in [-0.4, -0.2) is 27.0 Å². The zero-order valence-electron chi connectivity index (χ0n) is 11.8. The minimum absolute atomic E-state index is 0.352. The van der Waals surface area contributed by atoms with Crippen molar-refractivity contribution < 1.29 is 9.90 Å². The number of aromatic nitrogens is 1. The van der Waals surface area contributed by atoms with Crippen LogP contribution in [0.5, 0.6) is 0 Å². The minimum atomic E-state index is -0.873. The molecule has 0 radical (unpaired) electrons. The van der Waals surface area contributed by atoms with Gasteiger partial charge in [-0.05, 0) is 42.2 Å². The molecule has 0 spiro atoms. The molecule has 0 unspecified atom stereocenters. The Labute approximate surface area is 124 Å². The van der Waals surface area contributed by atoms with Crippen molar-refractivity contribution in [3.05, 3.63) is 65.5 Å². The highest BCUT2D eigenvalue weighted by Gasteiger charge is 2.29. The third-order valence-corrected chi connectivity index (χ3v) is 3.73. The molecule has 1 aromatic heterocycles. The average Bonchev–Trinajstić information content (AvgIpc) is 3.33. The summed E-state index contributed by atoms with van der Waals surface area (Å²) in [6.07, 6.45) is 6.11. The van der Waals surface area contributed by atoms with Crippen molar-refractivity contribution in [2.24, 2.45) is 0 Å². The summed E-state index contributed by atoms with van der Waals surface area (Å²) in [6.45, 7) is 1.64.